The molecule has 144 valence electrons. The van der Waals surface area contributed by atoms with Crippen molar-refractivity contribution in [2.24, 2.45) is 0 Å². The van der Waals surface area contributed by atoms with Crippen LogP contribution >= 0.6 is 0 Å². The van der Waals surface area contributed by atoms with Gasteiger partial charge in [0, 0.05) is 37.3 Å². The first kappa shape index (κ1) is 21.8. The monoisotopic (exact) mass is 386 g/mol. The average molecular weight is 387 g/mol. The van der Waals surface area contributed by atoms with Gasteiger partial charge in [0.1, 0.15) is 0 Å². The number of ether oxygens (including phenoxy) is 2. The van der Waals surface area contributed by atoms with Crippen molar-refractivity contribution in [2.75, 3.05) is 46.5 Å². The molecule has 1 aliphatic heterocycles. The van der Waals surface area contributed by atoms with E-state index in [1.165, 1.54) is 13.2 Å². The smallest absolute Gasteiger partial charge is 0.338 e. The minimum absolute atomic E-state index is 0. The highest BCUT2D eigenvalue weighted by molar-refractivity contribution is 5.98. The number of benzene rings is 1. The van der Waals surface area contributed by atoms with Crippen LogP contribution in [0.15, 0.2) is 18.2 Å². The first-order valence-electron chi connectivity index (χ1n) is 7.97. The second kappa shape index (κ2) is 10.7. The van der Waals surface area contributed by atoms with Gasteiger partial charge in [-0.25, -0.2) is 4.79 Å². The first-order chi connectivity index (χ1) is 12.0. The summed E-state index contributed by atoms with van der Waals surface area (Å²) >= 11 is 0. The topological polar surface area (TPSA) is 111 Å². The van der Waals surface area contributed by atoms with E-state index in [0.29, 0.717) is 6.54 Å². The molecule has 1 aromatic carbocycles. The van der Waals surface area contributed by atoms with Crippen LogP contribution in [-0.2, 0) is 9.47 Å². The van der Waals surface area contributed by atoms with Gasteiger partial charge in [0.2, 0.25) is 0 Å². The van der Waals surface area contributed by atoms with Gasteiger partial charge in [-0.05, 0) is 19.0 Å². The van der Waals surface area contributed by atoms with Crippen LogP contribution in [0.3, 0.4) is 0 Å². The summed E-state index contributed by atoms with van der Waals surface area (Å²) in [6, 6.07) is 3.51. The van der Waals surface area contributed by atoms with Crippen molar-refractivity contribution in [3.05, 3.63) is 39.4 Å². The Morgan fingerprint density at radius 3 is 2.54 bits per heavy atom. The van der Waals surface area contributed by atoms with Gasteiger partial charge < -0.3 is 27.2 Å². The van der Waals surface area contributed by atoms with E-state index in [4.69, 9.17) is 4.74 Å². The summed E-state index contributed by atoms with van der Waals surface area (Å²) in [5.41, 5.74) is -0.308. The van der Waals surface area contributed by atoms with Crippen LogP contribution in [0.25, 0.3) is 0 Å². The molecule has 1 N–H and O–H groups in total. The number of hydrogen-bond acceptors (Lipinski definition) is 7. The largest absolute Gasteiger partial charge is 1.00 e. The van der Waals surface area contributed by atoms with E-state index in [2.05, 4.69) is 15.0 Å². The van der Waals surface area contributed by atoms with Crippen molar-refractivity contribution in [3.8, 4) is 0 Å². The lowest BCUT2D eigenvalue weighted by atomic mass is 10.1. The molecule has 0 saturated carbocycles. The van der Waals surface area contributed by atoms with Crippen LogP contribution in [0.5, 0.6) is 0 Å². The van der Waals surface area contributed by atoms with Crippen LogP contribution in [0, 0.1) is 10.1 Å². The van der Waals surface area contributed by atoms with E-state index in [-0.39, 0.29) is 29.2 Å². The highest BCUT2D eigenvalue weighted by Crippen LogP contribution is 2.18. The Kier molecular flexibility index (Phi) is 8.97. The summed E-state index contributed by atoms with van der Waals surface area (Å²) in [6.45, 7) is 4.47. The molecular formula is C16H21ClN3O6-. The molecule has 9 nitrogen and oxygen atoms in total. The van der Waals surface area contributed by atoms with E-state index in [9.17, 15) is 19.7 Å². The van der Waals surface area contributed by atoms with E-state index < -0.39 is 16.8 Å². The van der Waals surface area contributed by atoms with Crippen molar-refractivity contribution in [2.45, 2.75) is 6.42 Å². The number of nitrogens with one attached hydrogen (secondary N) is 1. The van der Waals surface area contributed by atoms with E-state index in [0.717, 1.165) is 51.4 Å². The third-order valence-electron chi connectivity index (χ3n) is 3.85. The van der Waals surface area contributed by atoms with Gasteiger partial charge in [-0.2, -0.15) is 0 Å². The molecule has 0 aliphatic carbocycles. The third kappa shape index (κ3) is 6.25. The van der Waals surface area contributed by atoms with E-state index >= 15 is 0 Å². The average Bonchev–Trinajstić information content (AvgIpc) is 2.64. The number of rotatable bonds is 7. The normalized spacial score (nSPS) is 14.2. The summed E-state index contributed by atoms with van der Waals surface area (Å²) < 4.78 is 9.83. The SMILES string of the molecule is COC(=O)c1cc(C(=O)NCCCN2CCOCC2)cc([N+](=O)[O-])c1.[Cl-]. The first-order valence-corrected chi connectivity index (χ1v) is 7.97. The maximum atomic E-state index is 12.2. The lowest BCUT2D eigenvalue weighted by molar-refractivity contribution is -0.384. The zero-order valence-electron chi connectivity index (χ0n) is 14.4. The third-order valence-corrected chi connectivity index (χ3v) is 3.85. The van der Waals surface area contributed by atoms with Gasteiger partial charge >= 0.3 is 5.97 Å². The molecule has 0 radical (unpaired) electrons. The highest BCUT2D eigenvalue weighted by atomic mass is 35.5. The maximum Gasteiger partial charge on any atom is 0.338 e. The molecule has 1 saturated heterocycles. The van der Waals surface area contributed by atoms with Crippen LogP contribution in [0.2, 0.25) is 0 Å². The molecule has 1 aromatic rings. The number of non-ortho nitro benzene ring substituents is 1. The van der Waals surface area contributed by atoms with Gasteiger partial charge in [0.05, 0.1) is 30.8 Å². The molecule has 2 rings (SSSR count). The summed E-state index contributed by atoms with van der Waals surface area (Å²) in [5, 5.41) is 13.7. The van der Waals surface area contributed by atoms with Crippen molar-refractivity contribution in [1.82, 2.24) is 10.2 Å². The molecule has 26 heavy (non-hydrogen) atoms. The van der Waals surface area contributed by atoms with E-state index in [1.54, 1.807) is 0 Å². The molecule has 1 amide bonds. The molecule has 0 unspecified atom stereocenters. The fourth-order valence-electron chi connectivity index (χ4n) is 2.51. The zero-order valence-corrected chi connectivity index (χ0v) is 15.2. The number of hydrogen-bond donors (Lipinski definition) is 1. The second-order valence-corrected chi connectivity index (χ2v) is 5.58. The van der Waals surface area contributed by atoms with Gasteiger partial charge in [-0.3, -0.25) is 19.8 Å². The predicted molar refractivity (Wildman–Crippen MR) is 88.6 cm³/mol. The molecule has 0 bridgehead atoms. The van der Waals surface area contributed by atoms with Crippen LogP contribution < -0.4 is 17.7 Å². The summed E-state index contributed by atoms with van der Waals surface area (Å²) in [6.07, 6.45) is 0.754. The maximum absolute atomic E-state index is 12.2. The van der Waals surface area contributed by atoms with Crippen LogP contribution in [-0.4, -0.2) is 68.2 Å². The summed E-state index contributed by atoms with van der Waals surface area (Å²) in [5.74, 6) is -1.19. The van der Waals surface area contributed by atoms with E-state index in [1.807, 2.05) is 0 Å². The molecule has 1 heterocycles. The van der Waals surface area contributed by atoms with Crippen molar-refractivity contribution < 1.29 is 36.4 Å². The van der Waals surface area contributed by atoms with Crippen molar-refractivity contribution in [3.63, 3.8) is 0 Å². The predicted octanol–water partition coefficient (Wildman–Crippen LogP) is -2.16. The zero-order chi connectivity index (χ0) is 18.2. The number of nitrogens with zero attached hydrogens (tertiary/aromatic N) is 2. The summed E-state index contributed by atoms with van der Waals surface area (Å²) in [4.78, 5) is 36.4. The molecule has 10 heteroatoms. The Bertz CT molecular complexity index is 649. The van der Waals surface area contributed by atoms with Gasteiger partial charge in [0.15, 0.2) is 0 Å². The van der Waals surface area contributed by atoms with Crippen molar-refractivity contribution >= 4 is 17.6 Å². The Labute approximate surface area is 157 Å². The number of esters is 1. The number of carbonyl (C=O) groups is 2. The van der Waals surface area contributed by atoms with Gasteiger partial charge in [-0.1, -0.05) is 0 Å². The number of halogens is 1. The number of morpholine rings is 1. The molecule has 0 spiro atoms. The number of carbonyl (C=O) groups excluding carboxylic acids is 2. The van der Waals surface area contributed by atoms with Gasteiger partial charge in [0.25, 0.3) is 11.6 Å². The lowest BCUT2D eigenvalue weighted by Gasteiger charge is -2.26. The Morgan fingerprint density at radius 2 is 1.92 bits per heavy atom. The number of nitro groups is 1. The second-order valence-electron chi connectivity index (χ2n) is 5.58. The van der Waals surface area contributed by atoms with Crippen molar-refractivity contribution in [1.29, 1.82) is 0 Å². The van der Waals surface area contributed by atoms with Gasteiger partial charge in [-0.15, -0.1) is 0 Å². The lowest BCUT2D eigenvalue weighted by Crippen LogP contribution is -3.00. The Morgan fingerprint density at radius 1 is 1.27 bits per heavy atom. The van der Waals surface area contributed by atoms with Crippen LogP contribution in [0.4, 0.5) is 5.69 Å². The minimum Gasteiger partial charge on any atom is -1.00 e. The standard InChI is InChI=1S/C16H21N3O6.ClH/c1-24-16(21)13-9-12(10-14(11-13)19(22)23)15(20)17-3-2-4-18-5-7-25-8-6-18;/h9-11H,2-8H2,1H3,(H,17,20);1H/p-1. The fourth-order valence-corrected chi connectivity index (χ4v) is 2.51. The highest BCUT2D eigenvalue weighted by Gasteiger charge is 2.18. The quantitative estimate of drug-likeness (QED) is 0.246. The Balaban J connectivity index is 0.00000338. The molecule has 0 atom stereocenters. The fraction of sp³-hybridized carbons (Fsp3) is 0.500. The molecule has 1 fully saturated rings. The Hall–Kier alpha value is -2.23. The molecule has 1 aliphatic rings. The number of nitro benzene ring substituents is 1. The number of methoxy groups -OCH3 is 1. The molecular weight excluding hydrogens is 366 g/mol. The number of amides is 1. The molecule has 0 aromatic heterocycles. The summed E-state index contributed by atoms with van der Waals surface area (Å²) in [7, 11) is 1.17. The van der Waals surface area contributed by atoms with Crippen LogP contribution in [0.1, 0.15) is 27.1 Å². The minimum atomic E-state index is -0.731.